The molecule has 0 saturated carbocycles. The monoisotopic (exact) mass is 298 g/mol. The van der Waals surface area contributed by atoms with E-state index in [2.05, 4.69) is 23.5 Å². The van der Waals surface area contributed by atoms with Gasteiger partial charge in [0.2, 0.25) is 0 Å². The highest BCUT2D eigenvalue weighted by atomic mass is 32.1. The molecule has 1 aliphatic heterocycles. The molecule has 4 rings (SSSR count). The third-order valence-corrected chi connectivity index (χ3v) is 5.81. The van der Waals surface area contributed by atoms with E-state index in [1.807, 2.05) is 17.4 Å². The maximum atomic E-state index is 12.0. The molecule has 1 amide bonds. The van der Waals surface area contributed by atoms with Gasteiger partial charge in [0.15, 0.2) is 0 Å². The number of fused-ring (bicyclic) bond motifs is 2. The normalized spacial score (nSPS) is 18.0. The SMILES string of the molecule is NC(c1ccc2c(c1)C(=O)NCC2)c1cc2c(s1)CCC2. The zero-order valence-electron chi connectivity index (χ0n) is 11.8. The lowest BCUT2D eigenvalue weighted by molar-refractivity contribution is 0.0946. The van der Waals surface area contributed by atoms with E-state index < -0.39 is 0 Å². The summed E-state index contributed by atoms with van der Waals surface area (Å²) >= 11 is 1.84. The lowest BCUT2D eigenvalue weighted by Gasteiger charge is -2.19. The van der Waals surface area contributed by atoms with Crippen molar-refractivity contribution in [3.63, 3.8) is 0 Å². The predicted octanol–water partition coefficient (Wildman–Crippen LogP) is 2.57. The number of amides is 1. The number of nitrogens with two attached hydrogens (primary N) is 1. The van der Waals surface area contributed by atoms with Crippen molar-refractivity contribution in [2.24, 2.45) is 5.73 Å². The van der Waals surface area contributed by atoms with E-state index in [0.717, 1.165) is 29.7 Å². The van der Waals surface area contributed by atoms with E-state index in [9.17, 15) is 4.79 Å². The van der Waals surface area contributed by atoms with Gasteiger partial charge in [-0.05, 0) is 54.5 Å². The number of hydrogen-bond acceptors (Lipinski definition) is 3. The van der Waals surface area contributed by atoms with Crippen LogP contribution >= 0.6 is 11.3 Å². The summed E-state index contributed by atoms with van der Waals surface area (Å²) in [5.41, 5.74) is 10.9. The quantitative estimate of drug-likeness (QED) is 0.895. The Bertz CT molecular complexity index is 698. The molecule has 1 atom stereocenters. The van der Waals surface area contributed by atoms with Crippen molar-refractivity contribution in [3.05, 3.63) is 56.3 Å². The predicted molar refractivity (Wildman–Crippen MR) is 84.9 cm³/mol. The highest BCUT2D eigenvalue weighted by Crippen LogP contribution is 2.35. The molecule has 1 aromatic heterocycles. The van der Waals surface area contributed by atoms with Crippen molar-refractivity contribution in [2.45, 2.75) is 31.7 Å². The summed E-state index contributed by atoms with van der Waals surface area (Å²) in [4.78, 5) is 14.7. The molecule has 21 heavy (non-hydrogen) atoms. The van der Waals surface area contributed by atoms with Gasteiger partial charge < -0.3 is 11.1 Å². The molecule has 1 aliphatic carbocycles. The Hall–Kier alpha value is -1.65. The number of aryl methyl sites for hydroxylation is 2. The number of benzene rings is 1. The van der Waals surface area contributed by atoms with Gasteiger partial charge >= 0.3 is 0 Å². The summed E-state index contributed by atoms with van der Waals surface area (Å²) < 4.78 is 0. The van der Waals surface area contributed by atoms with Gasteiger partial charge in [-0.25, -0.2) is 0 Å². The number of rotatable bonds is 2. The van der Waals surface area contributed by atoms with Crippen molar-refractivity contribution in [1.29, 1.82) is 0 Å². The minimum atomic E-state index is -0.124. The van der Waals surface area contributed by atoms with Crippen LogP contribution in [0.4, 0.5) is 0 Å². The van der Waals surface area contributed by atoms with E-state index in [1.54, 1.807) is 0 Å². The van der Waals surface area contributed by atoms with Crippen LogP contribution in [0.3, 0.4) is 0 Å². The minimum absolute atomic E-state index is 0.0268. The summed E-state index contributed by atoms with van der Waals surface area (Å²) in [5, 5.41) is 2.90. The van der Waals surface area contributed by atoms with Gasteiger partial charge in [-0.3, -0.25) is 4.79 Å². The molecule has 0 spiro atoms. The van der Waals surface area contributed by atoms with Crippen LogP contribution in [-0.4, -0.2) is 12.5 Å². The molecule has 3 nitrogen and oxygen atoms in total. The van der Waals surface area contributed by atoms with Crippen molar-refractivity contribution < 1.29 is 4.79 Å². The summed E-state index contributed by atoms with van der Waals surface area (Å²) in [5.74, 6) is 0.0268. The Morgan fingerprint density at radius 1 is 1.14 bits per heavy atom. The van der Waals surface area contributed by atoms with Gasteiger partial charge in [0.1, 0.15) is 0 Å². The number of thiophene rings is 1. The number of carbonyl (C=O) groups excluding carboxylic acids is 1. The largest absolute Gasteiger partial charge is 0.352 e. The molecule has 0 saturated heterocycles. The van der Waals surface area contributed by atoms with E-state index in [-0.39, 0.29) is 11.9 Å². The maximum Gasteiger partial charge on any atom is 0.251 e. The first kappa shape index (κ1) is 13.0. The van der Waals surface area contributed by atoms with Gasteiger partial charge in [-0.2, -0.15) is 0 Å². The van der Waals surface area contributed by atoms with Crippen molar-refractivity contribution >= 4 is 17.2 Å². The van der Waals surface area contributed by atoms with Crippen LogP contribution < -0.4 is 11.1 Å². The third kappa shape index (κ3) is 2.19. The fourth-order valence-corrected chi connectivity index (χ4v) is 4.58. The first-order chi connectivity index (χ1) is 10.2. The van der Waals surface area contributed by atoms with Crippen LogP contribution in [0, 0.1) is 0 Å². The molecule has 3 N–H and O–H groups in total. The Balaban J connectivity index is 1.69. The van der Waals surface area contributed by atoms with Crippen LogP contribution in [-0.2, 0) is 19.3 Å². The molecule has 4 heteroatoms. The summed E-state index contributed by atoms with van der Waals surface area (Å²) in [6.45, 7) is 0.731. The molecular weight excluding hydrogens is 280 g/mol. The molecular formula is C17H18N2OS. The van der Waals surface area contributed by atoms with Crippen molar-refractivity contribution in [1.82, 2.24) is 5.32 Å². The fraction of sp³-hybridized carbons (Fsp3) is 0.353. The highest BCUT2D eigenvalue weighted by Gasteiger charge is 2.22. The lowest BCUT2D eigenvalue weighted by atomic mass is 9.95. The summed E-state index contributed by atoms with van der Waals surface area (Å²) in [6, 6.07) is 8.24. The molecule has 0 fully saturated rings. The van der Waals surface area contributed by atoms with Gasteiger partial charge in [-0.15, -0.1) is 11.3 Å². The second-order valence-corrected chi connectivity index (χ2v) is 7.02. The van der Waals surface area contributed by atoms with E-state index >= 15 is 0 Å². The van der Waals surface area contributed by atoms with Gasteiger partial charge in [0, 0.05) is 21.9 Å². The standard InChI is InChI=1S/C17H18N2OS/c18-16(15-9-11-2-1-3-14(11)21-15)12-5-4-10-6-7-19-17(20)13(10)8-12/h4-5,8-9,16H,1-3,6-7,18H2,(H,19,20). The molecule has 1 unspecified atom stereocenters. The smallest absolute Gasteiger partial charge is 0.251 e. The number of carbonyl (C=O) groups is 1. The zero-order valence-corrected chi connectivity index (χ0v) is 12.6. The van der Waals surface area contributed by atoms with E-state index in [0.29, 0.717) is 0 Å². The van der Waals surface area contributed by atoms with Crippen LogP contribution in [0.5, 0.6) is 0 Å². The van der Waals surface area contributed by atoms with Crippen LogP contribution in [0.15, 0.2) is 24.3 Å². The molecule has 1 aromatic carbocycles. The Morgan fingerprint density at radius 2 is 2.05 bits per heavy atom. The van der Waals surface area contributed by atoms with Crippen molar-refractivity contribution in [2.75, 3.05) is 6.54 Å². The first-order valence-electron chi connectivity index (χ1n) is 7.50. The molecule has 2 aliphatic rings. The van der Waals surface area contributed by atoms with Crippen LogP contribution in [0.25, 0.3) is 0 Å². The molecule has 2 heterocycles. The van der Waals surface area contributed by atoms with Crippen molar-refractivity contribution in [3.8, 4) is 0 Å². The summed E-state index contributed by atoms with van der Waals surface area (Å²) in [6.07, 6.45) is 4.56. The minimum Gasteiger partial charge on any atom is -0.352 e. The Kier molecular flexibility index (Phi) is 3.08. The number of hydrogen-bond donors (Lipinski definition) is 2. The Morgan fingerprint density at radius 3 is 2.90 bits per heavy atom. The van der Waals surface area contributed by atoms with Crippen LogP contribution in [0.1, 0.15) is 49.3 Å². The topological polar surface area (TPSA) is 55.1 Å². The average Bonchev–Trinajstić information content (AvgIpc) is 3.08. The summed E-state index contributed by atoms with van der Waals surface area (Å²) in [7, 11) is 0. The van der Waals surface area contributed by atoms with Crippen LogP contribution in [0.2, 0.25) is 0 Å². The fourth-order valence-electron chi connectivity index (χ4n) is 3.29. The van der Waals surface area contributed by atoms with Gasteiger partial charge in [0.25, 0.3) is 5.91 Å². The van der Waals surface area contributed by atoms with Gasteiger partial charge in [0.05, 0.1) is 6.04 Å². The van der Waals surface area contributed by atoms with E-state index in [4.69, 9.17) is 5.73 Å². The second-order valence-electron chi connectivity index (χ2n) is 5.85. The third-order valence-electron chi connectivity index (χ3n) is 4.49. The molecule has 2 aromatic rings. The first-order valence-corrected chi connectivity index (χ1v) is 8.32. The highest BCUT2D eigenvalue weighted by molar-refractivity contribution is 7.12. The lowest BCUT2D eigenvalue weighted by Crippen LogP contribution is -2.32. The molecule has 0 bridgehead atoms. The Labute approximate surface area is 128 Å². The van der Waals surface area contributed by atoms with Gasteiger partial charge in [-0.1, -0.05) is 12.1 Å². The zero-order chi connectivity index (χ0) is 14.4. The second kappa shape index (κ2) is 4.97. The van der Waals surface area contributed by atoms with E-state index in [1.165, 1.54) is 34.6 Å². The molecule has 108 valence electrons. The molecule has 0 radical (unpaired) electrons. The number of nitrogens with one attached hydrogen (secondary N) is 1. The maximum absolute atomic E-state index is 12.0. The average molecular weight is 298 g/mol.